The lowest BCUT2D eigenvalue weighted by Gasteiger charge is -2.57. The lowest BCUT2D eigenvalue weighted by molar-refractivity contribution is -0.192. The number of ether oxygens (including phenoxy) is 1. The van der Waals surface area contributed by atoms with Crippen LogP contribution in [0, 0.1) is 17.8 Å². The molecule has 168 valence electrons. The zero-order valence-corrected chi connectivity index (χ0v) is 18.0. The number of carboxylic acids is 1. The number of benzene rings is 2. The number of carbonyl (C=O) groups is 4. The summed E-state index contributed by atoms with van der Waals surface area (Å²) in [7, 11) is 0. The van der Waals surface area contributed by atoms with Gasteiger partial charge in [0.15, 0.2) is 11.4 Å². The van der Waals surface area contributed by atoms with Crippen molar-refractivity contribution in [2.75, 3.05) is 5.32 Å². The molecule has 4 aliphatic carbocycles. The van der Waals surface area contributed by atoms with Gasteiger partial charge in [-0.2, -0.15) is 0 Å². The number of Topliss-reactive ketones (excluding diaryl/α,β-unsaturated/α-hetero) is 1. The molecule has 6 rings (SSSR count). The predicted molar refractivity (Wildman–Crippen MR) is 118 cm³/mol. The maximum absolute atomic E-state index is 14.2. The Morgan fingerprint density at radius 1 is 1.03 bits per heavy atom. The summed E-state index contributed by atoms with van der Waals surface area (Å²) in [6.45, 7) is 1.23. The number of esters is 1. The number of allylic oxidation sites excluding steroid dienone is 1. The molecule has 0 radical (unpaired) electrons. The fourth-order valence-electron chi connectivity index (χ4n) is 6.17. The van der Waals surface area contributed by atoms with E-state index in [4.69, 9.17) is 4.74 Å². The first kappa shape index (κ1) is 21.1. The van der Waals surface area contributed by atoms with Gasteiger partial charge in [0.2, 0.25) is 5.91 Å². The molecule has 4 bridgehead atoms. The van der Waals surface area contributed by atoms with E-state index in [1.807, 2.05) is 18.2 Å². The van der Waals surface area contributed by atoms with Crippen molar-refractivity contribution in [3.8, 4) is 0 Å². The number of aliphatic carboxylic acids is 1. The molecule has 0 saturated heterocycles. The van der Waals surface area contributed by atoms with Gasteiger partial charge in [-0.1, -0.05) is 54.6 Å². The van der Waals surface area contributed by atoms with Crippen LogP contribution in [0.25, 0.3) is 0 Å². The number of para-hydroxylation sites is 1. The number of anilines is 1. The zero-order valence-electron chi connectivity index (χ0n) is 18.0. The Morgan fingerprint density at radius 2 is 1.73 bits per heavy atom. The highest BCUT2D eigenvalue weighted by molar-refractivity contribution is 6.09. The molecule has 7 nitrogen and oxygen atoms in total. The van der Waals surface area contributed by atoms with Gasteiger partial charge in [-0.15, -0.1) is 0 Å². The molecule has 0 heterocycles. The summed E-state index contributed by atoms with van der Waals surface area (Å²) in [6, 6.07) is 16.0. The van der Waals surface area contributed by atoms with E-state index < -0.39 is 52.4 Å². The monoisotopic (exact) mass is 445 g/mol. The third-order valence-corrected chi connectivity index (χ3v) is 7.30. The smallest absolute Gasteiger partial charge is 0.309 e. The van der Waals surface area contributed by atoms with Gasteiger partial charge in [-0.3, -0.25) is 19.2 Å². The average molecular weight is 445 g/mol. The highest BCUT2D eigenvalue weighted by atomic mass is 16.6. The van der Waals surface area contributed by atoms with E-state index in [9.17, 15) is 24.3 Å². The van der Waals surface area contributed by atoms with Gasteiger partial charge in [-0.05, 0) is 36.1 Å². The molecule has 2 aromatic rings. The van der Waals surface area contributed by atoms with Crippen LogP contribution in [-0.4, -0.2) is 34.3 Å². The molecule has 0 spiro atoms. The lowest BCUT2D eigenvalue weighted by atomic mass is 9.45. The second-order valence-electron chi connectivity index (χ2n) is 8.90. The minimum atomic E-state index is -1.64. The molecule has 1 saturated carbocycles. The molecular formula is C26H23NO6. The summed E-state index contributed by atoms with van der Waals surface area (Å²) >= 11 is 0. The van der Waals surface area contributed by atoms with Crippen LogP contribution < -0.4 is 5.32 Å². The maximum Gasteiger partial charge on any atom is 0.309 e. The number of carboxylic acid groups (broad SMARTS) is 1. The Bertz CT molecular complexity index is 1200. The number of hydrogen-bond donors (Lipinski definition) is 2. The van der Waals surface area contributed by atoms with E-state index in [2.05, 4.69) is 5.32 Å². The van der Waals surface area contributed by atoms with Crippen LogP contribution in [0.2, 0.25) is 0 Å². The summed E-state index contributed by atoms with van der Waals surface area (Å²) in [5, 5.41) is 13.3. The Morgan fingerprint density at radius 3 is 2.42 bits per heavy atom. The van der Waals surface area contributed by atoms with Crippen molar-refractivity contribution in [3.05, 3.63) is 77.9 Å². The number of rotatable bonds is 4. The molecule has 4 aliphatic rings. The first-order chi connectivity index (χ1) is 15.8. The number of nitrogens with one attached hydrogen (secondary N) is 1. The summed E-state index contributed by atoms with van der Waals surface area (Å²) in [5.41, 5.74) is -1.40. The summed E-state index contributed by atoms with van der Waals surface area (Å²) < 4.78 is 5.75. The van der Waals surface area contributed by atoms with E-state index >= 15 is 0 Å². The fraction of sp³-hybridized carbons (Fsp3) is 0.308. The normalized spacial score (nSPS) is 31.3. The third-order valence-electron chi connectivity index (χ3n) is 7.30. The van der Waals surface area contributed by atoms with Crippen molar-refractivity contribution in [2.45, 2.75) is 30.8 Å². The number of carbonyl (C=O) groups excluding carboxylic acids is 3. The molecule has 5 atom stereocenters. The van der Waals surface area contributed by atoms with Gasteiger partial charge in [0, 0.05) is 18.5 Å². The van der Waals surface area contributed by atoms with Crippen LogP contribution in [0.3, 0.4) is 0 Å². The third kappa shape index (κ3) is 2.81. The highest BCUT2D eigenvalue weighted by Crippen LogP contribution is 2.61. The molecular weight excluding hydrogens is 422 g/mol. The standard InChI is InChI=1S/C26H23NO6/c1-15(28)33-25-14-13-16-7-5-6-10-19(16)26(24(32)27-17-8-3-2-4-9-17)20(25)12-11-18(22(25)29)21(26)23(30)31/h2-12,18,20-21H,13-14H2,1H3,(H,27,32)(H,30,31). The van der Waals surface area contributed by atoms with Crippen LogP contribution >= 0.6 is 0 Å². The van der Waals surface area contributed by atoms with Gasteiger partial charge < -0.3 is 15.2 Å². The topological polar surface area (TPSA) is 110 Å². The minimum absolute atomic E-state index is 0.181. The SMILES string of the molecule is CC(=O)OC12CCc3ccccc3C3(C(=O)Nc4ccccc4)C(C(=O)O)C(C=CC13)C2=O. The quantitative estimate of drug-likeness (QED) is 0.553. The maximum atomic E-state index is 14.2. The van der Waals surface area contributed by atoms with Crippen LogP contribution in [0.4, 0.5) is 5.69 Å². The van der Waals surface area contributed by atoms with Gasteiger partial charge in [-0.25, -0.2) is 0 Å². The Kier molecular flexibility index (Phi) is 4.74. The van der Waals surface area contributed by atoms with Crippen molar-refractivity contribution in [1.29, 1.82) is 0 Å². The van der Waals surface area contributed by atoms with Crippen LogP contribution in [-0.2, 0) is 35.8 Å². The number of hydrogen-bond acceptors (Lipinski definition) is 5. The Hall–Kier alpha value is -3.74. The molecule has 1 fully saturated rings. The van der Waals surface area contributed by atoms with Crippen LogP contribution in [0.5, 0.6) is 0 Å². The van der Waals surface area contributed by atoms with E-state index in [1.165, 1.54) is 6.92 Å². The average Bonchev–Trinajstić information content (AvgIpc) is 2.90. The van der Waals surface area contributed by atoms with Crippen molar-refractivity contribution >= 4 is 29.3 Å². The Balaban J connectivity index is 1.81. The number of fused-ring (bicyclic) bond motifs is 1. The highest BCUT2D eigenvalue weighted by Gasteiger charge is 2.74. The van der Waals surface area contributed by atoms with E-state index in [0.717, 1.165) is 5.56 Å². The number of ketones is 1. The summed E-state index contributed by atoms with van der Waals surface area (Å²) in [5.74, 6) is -6.25. The Labute approximate surface area is 190 Å². The second-order valence-corrected chi connectivity index (χ2v) is 8.90. The molecule has 0 aromatic heterocycles. The minimum Gasteiger partial charge on any atom is -0.481 e. The van der Waals surface area contributed by atoms with E-state index in [0.29, 0.717) is 17.7 Å². The largest absolute Gasteiger partial charge is 0.481 e. The lowest BCUT2D eigenvalue weighted by Crippen LogP contribution is -2.72. The van der Waals surface area contributed by atoms with Gasteiger partial charge in [0.25, 0.3) is 0 Å². The summed E-state index contributed by atoms with van der Waals surface area (Å²) in [6.07, 6.45) is 3.83. The van der Waals surface area contributed by atoms with Crippen molar-refractivity contribution < 1.29 is 29.0 Å². The molecule has 7 heteroatoms. The molecule has 0 aliphatic heterocycles. The molecule has 2 aromatic carbocycles. The van der Waals surface area contributed by atoms with E-state index in [1.54, 1.807) is 48.6 Å². The predicted octanol–water partition coefficient (Wildman–Crippen LogP) is 2.90. The zero-order chi connectivity index (χ0) is 23.4. The van der Waals surface area contributed by atoms with Crippen molar-refractivity contribution in [3.63, 3.8) is 0 Å². The first-order valence-corrected chi connectivity index (χ1v) is 10.9. The summed E-state index contributed by atoms with van der Waals surface area (Å²) in [4.78, 5) is 52.8. The molecule has 2 N–H and O–H groups in total. The second kappa shape index (κ2) is 7.40. The van der Waals surface area contributed by atoms with Gasteiger partial charge >= 0.3 is 11.9 Å². The van der Waals surface area contributed by atoms with E-state index in [-0.39, 0.29) is 6.42 Å². The number of aryl methyl sites for hydroxylation is 1. The van der Waals surface area contributed by atoms with Crippen molar-refractivity contribution in [2.24, 2.45) is 17.8 Å². The molecule has 5 unspecified atom stereocenters. The fourth-order valence-corrected chi connectivity index (χ4v) is 6.17. The first-order valence-electron chi connectivity index (χ1n) is 10.9. The van der Waals surface area contributed by atoms with Crippen LogP contribution in [0.1, 0.15) is 24.5 Å². The van der Waals surface area contributed by atoms with Crippen molar-refractivity contribution in [1.82, 2.24) is 0 Å². The van der Waals surface area contributed by atoms with Crippen LogP contribution in [0.15, 0.2) is 66.7 Å². The molecule has 1 amide bonds. The molecule has 33 heavy (non-hydrogen) atoms. The number of amides is 1. The van der Waals surface area contributed by atoms with Gasteiger partial charge in [0.05, 0.1) is 17.3 Å². The van der Waals surface area contributed by atoms with Gasteiger partial charge in [0.1, 0.15) is 0 Å².